The van der Waals surface area contributed by atoms with E-state index in [1.165, 1.54) is 12.8 Å². The minimum Gasteiger partial charge on any atom is -0.337 e. The van der Waals surface area contributed by atoms with Crippen LogP contribution in [-0.4, -0.2) is 15.9 Å². The Hall–Kier alpha value is -0.550. The van der Waals surface area contributed by atoms with Gasteiger partial charge in [-0.25, -0.2) is 0 Å². The Balaban J connectivity index is 1.95. The van der Waals surface area contributed by atoms with Crippen molar-refractivity contribution in [1.82, 2.24) is 10.1 Å². The minimum atomic E-state index is -0.384. The van der Waals surface area contributed by atoms with E-state index in [4.69, 9.17) is 10.3 Å². The number of rotatable bonds is 5. The van der Waals surface area contributed by atoms with Crippen LogP contribution in [-0.2, 0) is 11.3 Å². The molecule has 1 aliphatic carbocycles. The van der Waals surface area contributed by atoms with Crippen molar-refractivity contribution >= 4 is 11.8 Å². The molecule has 0 aromatic carbocycles. The molecular weight excluding hydrogens is 258 g/mol. The molecule has 1 aromatic heterocycles. The molecule has 0 spiro atoms. The summed E-state index contributed by atoms with van der Waals surface area (Å²) in [6.45, 7) is 4.43. The molecule has 5 heteroatoms. The quantitative estimate of drug-likeness (QED) is 0.838. The van der Waals surface area contributed by atoms with Gasteiger partial charge in [0, 0.05) is 0 Å². The van der Waals surface area contributed by atoms with Crippen LogP contribution in [0.5, 0.6) is 0 Å². The molecule has 1 fully saturated rings. The summed E-state index contributed by atoms with van der Waals surface area (Å²) in [5, 5.41) is 4.08. The van der Waals surface area contributed by atoms with Gasteiger partial charge in [0.2, 0.25) is 5.89 Å². The molecular formula is C14H25N3OS. The van der Waals surface area contributed by atoms with Gasteiger partial charge in [-0.15, -0.1) is 0 Å². The molecule has 1 aromatic rings. The van der Waals surface area contributed by atoms with E-state index >= 15 is 0 Å². The molecule has 0 amide bonds. The lowest BCUT2D eigenvalue weighted by Crippen LogP contribution is -2.36. The van der Waals surface area contributed by atoms with Gasteiger partial charge in [-0.3, -0.25) is 0 Å². The van der Waals surface area contributed by atoms with Gasteiger partial charge in [-0.2, -0.15) is 16.7 Å². The lowest BCUT2D eigenvalue weighted by molar-refractivity contribution is 0.256. The van der Waals surface area contributed by atoms with Crippen molar-refractivity contribution in [2.75, 3.05) is 5.75 Å². The molecule has 1 aliphatic rings. The molecule has 19 heavy (non-hydrogen) atoms. The van der Waals surface area contributed by atoms with Crippen LogP contribution in [0, 0.1) is 5.92 Å². The van der Waals surface area contributed by atoms with E-state index in [2.05, 4.69) is 24.0 Å². The standard InChI is InChI=1S/C14H25N3OS/c1-11(2)9-19-10-12-16-13(18-17-12)14(15)7-5-3-4-6-8-14/h11H,3-10,15H2,1-2H3. The number of nitrogens with two attached hydrogens (primary N) is 1. The summed E-state index contributed by atoms with van der Waals surface area (Å²) in [4.78, 5) is 4.52. The van der Waals surface area contributed by atoms with Crippen LogP contribution < -0.4 is 5.73 Å². The topological polar surface area (TPSA) is 64.9 Å². The SMILES string of the molecule is CC(C)CSCc1noc(C2(N)CCCCCC2)n1. The Morgan fingerprint density at radius 1 is 1.26 bits per heavy atom. The second kappa shape index (κ2) is 6.75. The van der Waals surface area contributed by atoms with Crippen molar-refractivity contribution in [3.8, 4) is 0 Å². The van der Waals surface area contributed by atoms with Crippen LogP contribution in [0.2, 0.25) is 0 Å². The molecule has 108 valence electrons. The molecule has 1 heterocycles. The van der Waals surface area contributed by atoms with E-state index in [1.807, 2.05) is 11.8 Å². The van der Waals surface area contributed by atoms with E-state index in [-0.39, 0.29) is 5.54 Å². The summed E-state index contributed by atoms with van der Waals surface area (Å²) in [5.41, 5.74) is 6.08. The molecule has 2 rings (SSSR count). The molecule has 0 radical (unpaired) electrons. The van der Waals surface area contributed by atoms with Gasteiger partial charge in [0.25, 0.3) is 0 Å². The molecule has 1 saturated carbocycles. The number of thioether (sulfide) groups is 1. The summed E-state index contributed by atoms with van der Waals surface area (Å²) in [6, 6.07) is 0. The Bertz CT molecular complexity index is 384. The third kappa shape index (κ3) is 4.21. The molecule has 0 aliphatic heterocycles. The van der Waals surface area contributed by atoms with Gasteiger partial charge in [0.1, 0.15) is 0 Å². The smallest absolute Gasteiger partial charge is 0.246 e. The summed E-state index contributed by atoms with van der Waals surface area (Å²) < 4.78 is 5.42. The maximum Gasteiger partial charge on any atom is 0.246 e. The highest BCUT2D eigenvalue weighted by Crippen LogP contribution is 2.32. The highest BCUT2D eigenvalue weighted by Gasteiger charge is 2.34. The lowest BCUT2D eigenvalue weighted by atomic mass is 9.91. The second-order valence-electron chi connectivity index (χ2n) is 6.00. The third-order valence-electron chi connectivity index (χ3n) is 3.57. The normalized spacial score (nSPS) is 19.6. The fourth-order valence-corrected chi connectivity index (χ4v) is 3.36. The molecule has 0 atom stereocenters. The average molecular weight is 283 g/mol. The number of hydrogen-bond acceptors (Lipinski definition) is 5. The zero-order valence-electron chi connectivity index (χ0n) is 12.0. The number of aromatic nitrogens is 2. The minimum absolute atomic E-state index is 0.384. The van der Waals surface area contributed by atoms with Crippen LogP contribution in [0.15, 0.2) is 4.52 Å². The Morgan fingerprint density at radius 2 is 1.95 bits per heavy atom. The van der Waals surface area contributed by atoms with Crippen LogP contribution in [0.25, 0.3) is 0 Å². The highest BCUT2D eigenvalue weighted by atomic mass is 32.2. The van der Waals surface area contributed by atoms with E-state index < -0.39 is 0 Å². The fraction of sp³-hybridized carbons (Fsp3) is 0.857. The van der Waals surface area contributed by atoms with Crippen LogP contribution >= 0.6 is 11.8 Å². The first-order valence-electron chi connectivity index (χ1n) is 7.30. The van der Waals surface area contributed by atoms with Gasteiger partial charge in [-0.05, 0) is 24.5 Å². The predicted octanol–water partition coefficient (Wildman–Crippen LogP) is 3.47. The predicted molar refractivity (Wildman–Crippen MR) is 78.9 cm³/mol. The van der Waals surface area contributed by atoms with Crippen molar-refractivity contribution in [1.29, 1.82) is 0 Å². The first-order chi connectivity index (χ1) is 9.10. The van der Waals surface area contributed by atoms with Gasteiger partial charge in [0.15, 0.2) is 5.82 Å². The largest absolute Gasteiger partial charge is 0.337 e. The van der Waals surface area contributed by atoms with Gasteiger partial charge < -0.3 is 10.3 Å². The van der Waals surface area contributed by atoms with Crippen molar-refractivity contribution in [2.24, 2.45) is 11.7 Å². The van der Waals surface area contributed by atoms with E-state index in [9.17, 15) is 0 Å². The summed E-state index contributed by atoms with van der Waals surface area (Å²) >= 11 is 1.85. The molecule has 0 unspecified atom stereocenters. The summed E-state index contributed by atoms with van der Waals surface area (Å²) in [6.07, 6.45) is 6.79. The Labute approximate surface area is 119 Å². The van der Waals surface area contributed by atoms with E-state index in [1.54, 1.807) is 0 Å². The lowest BCUT2D eigenvalue weighted by Gasteiger charge is -2.22. The first-order valence-corrected chi connectivity index (χ1v) is 8.45. The summed E-state index contributed by atoms with van der Waals surface area (Å²) in [5.74, 6) is 4.07. The van der Waals surface area contributed by atoms with Crippen molar-refractivity contribution in [3.05, 3.63) is 11.7 Å². The third-order valence-corrected chi connectivity index (χ3v) is 4.94. The highest BCUT2D eigenvalue weighted by molar-refractivity contribution is 7.98. The van der Waals surface area contributed by atoms with Crippen molar-refractivity contribution in [3.63, 3.8) is 0 Å². The van der Waals surface area contributed by atoms with Gasteiger partial charge in [0.05, 0.1) is 11.3 Å². The summed E-state index contributed by atoms with van der Waals surface area (Å²) in [7, 11) is 0. The zero-order chi connectivity index (χ0) is 13.7. The maximum absolute atomic E-state index is 6.47. The fourth-order valence-electron chi connectivity index (χ4n) is 2.47. The van der Waals surface area contributed by atoms with Gasteiger partial charge >= 0.3 is 0 Å². The average Bonchev–Trinajstić information content (AvgIpc) is 2.72. The molecule has 0 saturated heterocycles. The first kappa shape index (κ1) is 14.9. The van der Waals surface area contributed by atoms with Crippen molar-refractivity contribution in [2.45, 2.75) is 63.7 Å². The van der Waals surface area contributed by atoms with Crippen LogP contribution in [0.3, 0.4) is 0 Å². The zero-order valence-corrected chi connectivity index (χ0v) is 12.8. The number of hydrogen-bond donors (Lipinski definition) is 1. The maximum atomic E-state index is 6.47. The van der Waals surface area contributed by atoms with Crippen LogP contribution in [0.1, 0.15) is 64.1 Å². The molecule has 0 bridgehead atoms. The van der Waals surface area contributed by atoms with E-state index in [0.717, 1.165) is 43.0 Å². The monoisotopic (exact) mass is 283 g/mol. The molecule has 4 nitrogen and oxygen atoms in total. The second-order valence-corrected chi connectivity index (χ2v) is 7.03. The Kier molecular flexibility index (Phi) is 5.28. The van der Waals surface area contributed by atoms with Gasteiger partial charge in [-0.1, -0.05) is 44.7 Å². The van der Waals surface area contributed by atoms with Crippen molar-refractivity contribution < 1.29 is 4.52 Å². The van der Waals surface area contributed by atoms with Crippen LogP contribution in [0.4, 0.5) is 0 Å². The number of nitrogens with zero attached hydrogens (tertiary/aromatic N) is 2. The Morgan fingerprint density at radius 3 is 2.58 bits per heavy atom. The molecule has 2 N–H and O–H groups in total. The van der Waals surface area contributed by atoms with E-state index in [0.29, 0.717) is 11.8 Å².